The second-order valence-electron chi connectivity index (χ2n) is 6.15. The van der Waals surface area contributed by atoms with Crippen molar-refractivity contribution in [3.63, 3.8) is 0 Å². The standard InChI is InChI=1S/C17H13BrF6N2O3/c18-10-2-1-9-13(12(10)19)28-4-3-16(9,7-27)26-14-11(29-15(20)21)5-8(6-25-14)17(22,23)24/h1-2,5-6,15,27H,3-4,7H2,(H,25,26)/t16-/m1/s1. The molecule has 0 fully saturated rings. The summed E-state index contributed by atoms with van der Waals surface area (Å²) < 4.78 is 88.2. The van der Waals surface area contributed by atoms with Gasteiger partial charge < -0.3 is 19.9 Å². The van der Waals surface area contributed by atoms with E-state index in [0.717, 1.165) is 0 Å². The van der Waals surface area contributed by atoms with Crippen molar-refractivity contribution in [1.29, 1.82) is 0 Å². The van der Waals surface area contributed by atoms with Crippen LogP contribution in [0.2, 0.25) is 0 Å². The summed E-state index contributed by atoms with van der Waals surface area (Å²) in [6, 6.07) is 3.16. The number of benzene rings is 1. The largest absolute Gasteiger partial charge is 0.490 e. The second-order valence-corrected chi connectivity index (χ2v) is 7.00. The Bertz CT molecular complexity index is 911. The predicted octanol–water partition coefficient (Wildman–Crippen LogP) is 4.69. The highest BCUT2D eigenvalue weighted by molar-refractivity contribution is 9.10. The molecule has 0 spiro atoms. The van der Waals surface area contributed by atoms with Gasteiger partial charge in [-0.25, -0.2) is 9.37 Å². The first kappa shape index (κ1) is 21.5. The number of halogens is 7. The summed E-state index contributed by atoms with van der Waals surface area (Å²) in [5.74, 6) is -2.27. The van der Waals surface area contributed by atoms with Crippen LogP contribution in [0.3, 0.4) is 0 Å². The molecule has 2 N–H and O–H groups in total. The molecular formula is C17H13BrF6N2O3. The molecule has 0 aliphatic carbocycles. The number of aliphatic hydroxyl groups is 1. The van der Waals surface area contributed by atoms with Gasteiger partial charge in [-0.3, -0.25) is 0 Å². The zero-order valence-electron chi connectivity index (χ0n) is 14.4. The number of pyridine rings is 1. The van der Waals surface area contributed by atoms with E-state index in [1.165, 1.54) is 12.1 Å². The first-order valence-electron chi connectivity index (χ1n) is 8.10. The lowest BCUT2D eigenvalue weighted by molar-refractivity contribution is -0.138. The van der Waals surface area contributed by atoms with E-state index in [1.807, 2.05) is 0 Å². The molecule has 1 aliphatic rings. The number of fused-ring (bicyclic) bond motifs is 1. The molecule has 0 unspecified atom stereocenters. The molecule has 158 valence electrons. The third kappa shape index (κ3) is 4.22. The van der Waals surface area contributed by atoms with Gasteiger partial charge in [0.05, 0.1) is 28.8 Å². The van der Waals surface area contributed by atoms with Crippen molar-refractivity contribution in [2.45, 2.75) is 24.7 Å². The number of nitrogens with one attached hydrogen (secondary N) is 1. The van der Waals surface area contributed by atoms with Gasteiger partial charge in [-0.05, 0) is 28.1 Å². The fourth-order valence-corrected chi connectivity index (χ4v) is 3.26. The smallest absolute Gasteiger partial charge is 0.418 e. The van der Waals surface area contributed by atoms with E-state index >= 15 is 0 Å². The van der Waals surface area contributed by atoms with Crippen LogP contribution in [0.4, 0.5) is 32.2 Å². The highest BCUT2D eigenvalue weighted by Gasteiger charge is 2.41. The summed E-state index contributed by atoms with van der Waals surface area (Å²) in [5, 5.41) is 12.7. The molecule has 3 rings (SSSR count). The molecule has 1 atom stereocenters. The number of aliphatic hydroxyl groups excluding tert-OH is 1. The fraction of sp³-hybridized carbons (Fsp3) is 0.353. The second kappa shape index (κ2) is 7.90. The zero-order chi connectivity index (χ0) is 21.4. The van der Waals surface area contributed by atoms with Gasteiger partial charge in [0.15, 0.2) is 23.1 Å². The summed E-state index contributed by atoms with van der Waals surface area (Å²) >= 11 is 3.01. The first-order valence-corrected chi connectivity index (χ1v) is 8.89. The zero-order valence-corrected chi connectivity index (χ0v) is 16.0. The summed E-state index contributed by atoms with van der Waals surface area (Å²) in [5.41, 5.74) is -2.60. The highest BCUT2D eigenvalue weighted by Crippen LogP contribution is 2.44. The summed E-state index contributed by atoms with van der Waals surface area (Å²) in [4.78, 5) is 3.55. The minimum atomic E-state index is -4.83. The summed E-state index contributed by atoms with van der Waals surface area (Å²) in [6.07, 6.45) is -4.34. The summed E-state index contributed by atoms with van der Waals surface area (Å²) in [7, 11) is 0. The predicted molar refractivity (Wildman–Crippen MR) is 92.5 cm³/mol. The van der Waals surface area contributed by atoms with Crippen molar-refractivity contribution < 1.29 is 40.9 Å². The van der Waals surface area contributed by atoms with Crippen molar-refractivity contribution >= 4 is 21.7 Å². The molecule has 2 heterocycles. The lowest BCUT2D eigenvalue weighted by Crippen LogP contribution is -2.44. The number of aromatic nitrogens is 1. The Kier molecular flexibility index (Phi) is 5.86. The Balaban J connectivity index is 2.08. The van der Waals surface area contributed by atoms with Crippen LogP contribution in [0.25, 0.3) is 0 Å². The number of hydrogen-bond acceptors (Lipinski definition) is 5. The Morgan fingerprint density at radius 2 is 2.07 bits per heavy atom. The van der Waals surface area contributed by atoms with Crippen molar-refractivity contribution in [1.82, 2.24) is 4.98 Å². The topological polar surface area (TPSA) is 63.6 Å². The maximum absolute atomic E-state index is 14.4. The van der Waals surface area contributed by atoms with Crippen molar-refractivity contribution in [3.8, 4) is 11.5 Å². The van der Waals surface area contributed by atoms with E-state index < -0.39 is 47.9 Å². The quantitative estimate of drug-likeness (QED) is 0.600. The Labute approximate surface area is 168 Å². The molecule has 12 heteroatoms. The van der Waals surface area contributed by atoms with Crippen LogP contribution >= 0.6 is 15.9 Å². The average molecular weight is 487 g/mol. The third-order valence-electron chi connectivity index (χ3n) is 4.36. The molecule has 29 heavy (non-hydrogen) atoms. The number of hydrogen-bond donors (Lipinski definition) is 2. The van der Waals surface area contributed by atoms with Crippen molar-refractivity contribution in [3.05, 3.63) is 45.8 Å². The van der Waals surface area contributed by atoms with Crippen LogP contribution < -0.4 is 14.8 Å². The van der Waals surface area contributed by atoms with Crippen molar-refractivity contribution in [2.24, 2.45) is 0 Å². The highest BCUT2D eigenvalue weighted by atomic mass is 79.9. The molecule has 1 aromatic carbocycles. The first-order chi connectivity index (χ1) is 13.6. The number of nitrogens with zero attached hydrogens (tertiary/aromatic N) is 1. The van der Waals surface area contributed by atoms with Crippen LogP contribution in [0.5, 0.6) is 11.5 Å². The van der Waals surface area contributed by atoms with Gasteiger partial charge in [-0.15, -0.1) is 0 Å². The van der Waals surface area contributed by atoms with E-state index in [0.29, 0.717) is 12.3 Å². The minimum Gasteiger partial charge on any atom is -0.490 e. The van der Waals surface area contributed by atoms with Crippen LogP contribution in [-0.2, 0) is 11.7 Å². The number of rotatable bonds is 5. The number of alkyl halides is 5. The summed E-state index contributed by atoms with van der Waals surface area (Å²) in [6.45, 7) is -4.12. The van der Waals surface area contributed by atoms with Crippen LogP contribution in [0.1, 0.15) is 17.5 Å². The van der Waals surface area contributed by atoms with Gasteiger partial charge in [-0.2, -0.15) is 22.0 Å². The Hall–Kier alpha value is -2.21. The van der Waals surface area contributed by atoms with Crippen molar-refractivity contribution in [2.75, 3.05) is 18.5 Å². The number of ether oxygens (including phenoxy) is 2. The lowest BCUT2D eigenvalue weighted by Gasteiger charge is -2.39. The van der Waals surface area contributed by atoms with Gasteiger partial charge in [0.2, 0.25) is 0 Å². The van der Waals surface area contributed by atoms with E-state index in [4.69, 9.17) is 4.74 Å². The molecular weight excluding hydrogens is 474 g/mol. The molecule has 1 aromatic heterocycles. The maximum atomic E-state index is 14.4. The third-order valence-corrected chi connectivity index (χ3v) is 4.98. The molecule has 1 aliphatic heterocycles. The molecule has 5 nitrogen and oxygen atoms in total. The molecule has 0 saturated heterocycles. The normalized spacial score (nSPS) is 18.9. The van der Waals surface area contributed by atoms with E-state index in [-0.39, 0.29) is 28.8 Å². The van der Waals surface area contributed by atoms with Gasteiger partial charge >= 0.3 is 12.8 Å². The van der Waals surface area contributed by atoms with Gasteiger partial charge in [-0.1, -0.05) is 6.07 Å². The average Bonchev–Trinajstić information content (AvgIpc) is 2.65. The molecule has 0 radical (unpaired) electrons. The number of anilines is 1. The molecule has 0 saturated carbocycles. The maximum Gasteiger partial charge on any atom is 0.418 e. The fourth-order valence-electron chi connectivity index (χ4n) is 2.95. The van der Waals surface area contributed by atoms with E-state index in [9.17, 15) is 31.4 Å². The van der Waals surface area contributed by atoms with Crippen LogP contribution in [-0.4, -0.2) is 29.9 Å². The van der Waals surface area contributed by atoms with Gasteiger partial charge in [0.1, 0.15) is 0 Å². The van der Waals surface area contributed by atoms with Gasteiger partial charge in [0.25, 0.3) is 0 Å². The lowest BCUT2D eigenvalue weighted by atomic mass is 9.85. The van der Waals surface area contributed by atoms with Crippen LogP contribution in [0, 0.1) is 5.82 Å². The minimum absolute atomic E-state index is 0.0500. The van der Waals surface area contributed by atoms with E-state index in [2.05, 4.69) is 31.0 Å². The molecule has 2 aromatic rings. The Morgan fingerprint density at radius 1 is 1.34 bits per heavy atom. The monoisotopic (exact) mass is 486 g/mol. The molecule has 0 amide bonds. The van der Waals surface area contributed by atoms with E-state index in [1.54, 1.807) is 0 Å². The Morgan fingerprint density at radius 3 is 2.69 bits per heavy atom. The SMILES string of the molecule is OC[C@]1(Nc2ncc(C(F)(F)F)cc2OC(F)F)CCOc2c1ccc(Br)c2F. The van der Waals surface area contributed by atoms with Gasteiger partial charge in [0, 0.05) is 18.2 Å². The van der Waals surface area contributed by atoms with Crippen LogP contribution in [0.15, 0.2) is 28.9 Å². The molecule has 0 bridgehead atoms.